The van der Waals surface area contributed by atoms with Crippen LogP contribution in [0.25, 0.3) is 0 Å². The number of alkyl halides is 2. The molecular weight excluding hydrogens is 282 g/mol. The van der Waals surface area contributed by atoms with Gasteiger partial charge in [-0.15, -0.1) is 0 Å². The Labute approximate surface area is 114 Å². The third-order valence-electron chi connectivity index (χ3n) is 2.31. The van der Waals surface area contributed by atoms with Crippen LogP contribution in [-0.4, -0.2) is 36.2 Å². The van der Waals surface area contributed by atoms with Crippen LogP contribution >= 0.6 is 23.8 Å². The number of benzene rings is 1. The lowest BCUT2D eigenvalue weighted by molar-refractivity contribution is 0.153. The molecule has 0 saturated carbocycles. The van der Waals surface area contributed by atoms with Crippen molar-refractivity contribution in [1.29, 1.82) is 0 Å². The summed E-state index contributed by atoms with van der Waals surface area (Å²) >= 11 is 10.8. The Balaban J connectivity index is 2.98. The maximum atomic E-state index is 12.4. The number of nitrogens with two attached hydrogens (primary N) is 1. The second-order valence-corrected chi connectivity index (χ2v) is 4.44. The lowest BCUT2D eigenvalue weighted by Crippen LogP contribution is -2.31. The normalized spacial score (nSPS) is 10.7. The molecule has 0 aromatic heterocycles. The Morgan fingerprint density at radius 3 is 2.61 bits per heavy atom. The Morgan fingerprint density at radius 1 is 1.50 bits per heavy atom. The molecule has 0 amide bonds. The highest BCUT2D eigenvalue weighted by atomic mass is 35.5. The quantitative estimate of drug-likeness (QED) is 0.788. The average Bonchev–Trinajstić information content (AvgIpc) is 2.27. The highest BCUT2D eigenvalue weighted by Crippen LogP contribution is 2.24. The third-order valence-corrected chi connectivity index (χ3v) is 2.84. The maximum absolute atomic E-state index is 12.4. The number of halogens is 3. The number of aliphatic hydroxyl groups is 1. The van der Waals surface area contributed by atoms with E-state index < -0.39 is 13.0 Å². The summed E-state index contributed by atoms with van der Waals surface area (Å²) in [6.45, 7) is -0.586. The standard InChI is InChI=1S/C11H13ClF2N2OS/c12-9-5-7(1-2-8(9)11(15)18)16(3-4-17)6-10(13)14/h1-2,5,10,17H,3-4,6H2,(H2,15,18). The second-order valence-electron chi connectivity index (χ2n) is 3.59. The molecule has 0 aliphatic carbocycles. The third kappa shape index (κ3) is 4.04. The molecule has 0 bridgehead atoms. The maximum Gasteiger partial charge on any atom is 0.255 e. The zero-order chi connectivity index (χ0) is 13.7. The Bertz CT molecular complexity index is 432. The molecule has 0 atom stereocenters. The minimum atomic E-state index is -2.49. The smallest absolute Gasteiger partial charge is 0.255 e. The molecule has 0 unspecified atom stereocenters. The fraction of sp³-hybridized carbons (Fsp3) is 0.364. The molecule has 1 rings (SSSR count). The molecule has 100 valence electrons. The monoisotopic (exact) mass is 294 g/mol. The molecular formula is C11H13ClF2N2OS. The van der Waals surface area contributed by atoms with Crippen molar-refractivity contribution in [3.8, 4) is 0 Å². The van der Waals surface area contributed by atoms with E-state index in [1.807, 2.05) is 0 Å². The van der Waals surface area contributed by atoms with E-state index in [1.54, 1.807) is 12.1 Å². The van der Waals surface area contributed by atoms with Crippen LogP contribution in [0, 0.1) is 0 Å². The van der Waals surface area contributed by atoms with Gasteiger partial charge in [-0.05, 0) is 18.2 Å². The van der Waals surface area contributed by atoms with Crippen LogP contribution in [0.4, 0.5) is 14.5 Å². The number of rotatable bonds is 6. The SMILES string of the molecule is NC(=S)c1ccc(N(CCO)CC(F)F)cc1Cl. The van der Waals surface area contributed by atoms with E-state index in [9.17, 15) is 8.78 Å². The van der Waals surface area contributed by atoms with Gasteiger partial charge in [0.05, 0.1) is 18.2 Å². The zero-order valence-electron chi connectivity index (χ0n) is 9.44. The molecule has 7 heteroatoms. The summed E-state index contributed by atoms with van der Waals surface area (Å²) in [5.74, 6) is 0. The average molecular weight is 295 g/mol. The molecule has 1 aromatic rings. The number of thiocarbonyl (C=S) groups is 1. The van der Waals surface area contributed by atoms with E-state index in [-0.39, 0.29) is 18.1 Å². The second kappa shape index (κ2) is 6.82. The van der Waals surface area contributed by atoms with E-state index >= 15 is 0 Å². The van der Waals surface area contributed by atoms with Gasteiger partial charge in [0.25, 0.3) is 6.43 Å². The van der Waals surface area contributed by atoms with Crippen LogP contribution in [0.5, 0.6) is 0 Å². The molecule has 0 spiro atoms. The van der Waals surface area contributed by atoms with Gasteiger partial charge in [0.2, 0.25) is 0 Å². The van der Waals surface area contributed by atoms with Gasteiger partial charge in [-0.2, -0.15) is 0 Å². The van der Waals surface area contributed by atoms with Gasteiger partial charge in [0, 0.05) is 17.8 Å². The van der Waals surface area contributed by atoms with Crippen molar-refractivity contribution in [2.24, 2.45) is 5.73 Å². The van der Waals surface area contributed by atoms with Crippen molar-refractivity contribution in [3.63, 3.8) is 0 Å². The number of aliphatic hydroxyl groups excluding tert-OH is 1. The topological polar surface area (TPSA) is 49.5 Å². The summed E-state index contributed by atoms with van der Waals surface area (Å²) in [6.07, 6.45) is -2.49. The van der Waals surface area contributed by atoms with E-state index in [0.717, 1.165) is 0 Å². The van der Waals surface area contributed by atoms with Gasteiger partial charge in [-0.25, -0.2) is 8.78 Å². The van der Waals surface area contributed by atoms with E-state index in [0.29, 0.717) is 16.3 Å². The largest absolute Gasteiger partial charge is 0.395 e. The minimum absolute atomic E-state index is 0.104. The summed E-state index contributed by atoms with van der Waals surface area (Å²) in [4.78, 5) is 1.49. The highest BCUT2D eigenvalue weighted by Gasteiger charge is 2.14. The summed E-state index contributed by atoms with van der Waals surface area (Å²) in [5.41, 5.74) is 6.45. The first kappa shape index (κ1) is 15.1. The van der Waals surface area contributed by atoms with Gasteiger partial charge in [-0.1, -0.05) is 23.8 Å². The first-order chi connectivity index (χ1) is 8.45. The molecule has 0 fully saturated rings. The minimum Gasteiger partial charge on any atom is -0.395 e. The lowest BCUT2D eigenvalue weighted by atomic mass is 10.2. The van der Waals surface area contributed by atoms with E-state index in [2.05, 4.69) is 0 Å². The molecule has 0 heterocycles. The number of anilines is 1. The summed E-state index contributed by atoms with van der Waals surface area (Å²) in [6, 6.07) is 4.68. The first-order valence-electron chi connectivity index (χ1n) is 5.19. The molecule has 0 saturated heterocycles. The summed E-state index contributed by atoms with van der Waals surface area (Å²) in [7, 11) is 0. The van der Waals surface area contributed by atoms with Gasteiger partial charge in [-0.3, -0.25) is 0 Å². The van der Waals surface area contributed by atoms with Crippen LogP contribution in [0.1, 0.15) is 5.56 Å². The fourth-order valence-electron chi connectivity index (χ4n) is 1.51. The van der Waals surface area contributed by atoms with Crippen LogP contribution in [0.2, 0.25) is 5.02 Å². The molecule has 3 N–H and O–H groups in total. The zero-order valence-corrected chi connectivity index (χ0v) is 11.0. The highest BCUT2D eigenvalue weighted by molar-refractivity contribution is 7.80. The van der Waals surface area contributed by atoms with E-state index in [1.165, 1.54) is 11.0 Å². The molecule has 0 radical (unpaired) electrons. The summed E-state index contributed by atoms with van der Waals surface area (Å²) < 4.78 is 24.8. The van der Waals surface area contributed by atoms with Crippen LogP contribution in [0.3, 0.4) is 0 Å². The molecule has 1 aromatic carbocycles. The van der Waals surface area contributed by atoms with Crippen molar-refractivity contribution in [2.45, 2.75) is 6.43 Å². The molecule has 0 aliphatic heterocycles. The Kier molecular flexibility index (Phi) is 5.71. The van der Waals surface area contributed by atoms with Crippen molar-refractivity contribution in [2.75, 3.05) is 24.6 Å². The van der Waals surface area contributed by atoms with Crippen molar-refractivity contribution >= 4 is 34.5 Å². The fourth-order valence-corrected chi connectivity index (χ4v) is 2.02. The van der Waals surface area contributed by atoms with Gasteiger partial charge >= 0.3 is 0 Å². The Hall–Kier alpha value is -0.980. The molecule has 3 nitrogen and oxygen atoms in total. The van der Waals surface area contributed by atoms with E-state index in [4.69, 9.17) is 34.7 Å². The van der Waals surface area contributed by atoms with Crippen LogP contribution < -0.4 is 10.6 Å². The van der Waals surface area contributed by atoms with Gasteiger partial charge < -0.3 is 15.7 Å². The first-order valence-corrected chi connectivity index (χ1v) is 5.97. The van der Waals surface area contributed by atoms with Crippen LogP contribution in [-0.2, 0) is 0 Å². The van der Waals surface area contributed by atoms with Crippen molar-refractivity contribution in [1.82, 2.24) is 0 Å². The van der Waals surface area contributed by atoms with Crippen LogP contribution in [0.15, 0.2) is 18.2 Å². The van der Waals surface area contributed by atoms with Gasteiger partial charge in [0.15, 0.2) is 0 Å². The predicted octanol–water partition coefficient (Wildman–Crippen LogP) is 2.04. The number of nitrogens with zero attached hydrogens (tertiary/aromatic N) is 1. The van der Waals surface area contributed by atoms with Crippen molar-refractivity contribution in [3.05, 3.63) is 28.8 Å². The summed E-state index contributed by atoms with van der Waals surface area (Å²) in [5, 5.41) is 9.17. The number of hydrogen-bond acceptors (Lipinski definition) is 3. The number of hydrogen-bond donors (Lipinski definition) is 2. The van der Waals surface area contributed by atoms with Gasteiger partial charge in [0.1, 0.15) is 4.99 Å². The molecule has 18 heavy (non-hydrogen) atoms. The lowest BCUT2D eigenvalue weighted by Gasteiger charge is -2.24. The Morgan fingerprint density at radius 2 is 2.17 bits per heavy atom. The van der Waals surface area contributed by atoms with Crippen molar-refractivity contribution < 1.29 is 13.9 Å². The predicted molar refractivity (Wildman–Crippen MR) is 72.6 cm³/mol. The molecule has 0 aliphatic rings.